The lowest BCUT2D eigenvalue weighted by atomic mass is 9.43. The zero-order chi connectivity index (χ0) is 23.9. The third-order valence-electron chi connectivity index (χ3n) is 10.5. The Bertz CT molecular complexity index is 1250. The Labute approximate surface area is 205 Å². The third kappa shape index (κ3) is 2.90. The van der Waals surface area contributed by atoms with Gasteiger partial charge < -0.3 is 15.0 Å². The molecule has 4 fully saturated rings. The first-order valence-electron chi connectivity index (χ1n) is 13.3. The Morgan fingerprint density at radius 1 is 1.20 bits per heavy atom. The van der Waals surface area contributed by atoms with E-state index in [0.29, 0.717) is 17.7 Å². The number of hydrogen-bond donors (Lipinski definition) is 2. The van der Waals surface area contributed by atoms with Gasteiger partial charge in [0.2, 0.25) is 0 Å². The summed E-state index contributed by atoms with van der Waals surface area (Å²) in [6, 6.07) is 8.02. The number of phenols is 1. The standard InChI is InChI=1S/C28H34N4O3/c1-31(26(35)22-14-25(34)30-16-29-22)23-7-9-27-8-6-20(23)28(27)10-11-32(15-17-2-3-17)24(27)12-18-4-5-19(33)13-21(18)28/h4-5,13-14,16-17,20,23-24,33H,2-3,6-12,15H2,1H3,(H,29,30,34). The molecular formula is C28H34N4O3. The summed E-state index contributed by atoms with van der Waals surface area (Å²) in [4.78, 5) is 36.6. The van der Waals surface area contributed by atoms with Gasteiger partial charge in [0.1, 0.15) is 11.4 Å². The van der Waals surface area contributed by atoms with E-state index in [-0.39, 0.29) is 34.0 Å². The van der Waals surface area contributed by atoms with Crippen molar-refractivity contribution in [2.24, 2.45) is 17.3 Å². The highest BCUT2D eigenvalue weighted by atomic mass is 16.3. The van der Waals surface area contributed by atoms with Gasteiger partial charge in [0.25, 0.3) is 11.5 Å². The molecule has 35 heavy (non-hydrogen) atoms. The van der Waals surface area contributed by atoms with Crippen LogP contribution >= 0.6 is 0 Å². The number of nitrogens with one attached hydrogen (secondary N) is 1. The number of phenolic OH excluding ortho intramolecular Hbond substituents is 1. The molecule has 0 radical (unpaired) electrons. The number of amides is 1. The number of piperidine rings is 1. The summed E-state index contributed by atoms with van der Waals surface area (Å²) >= 11 is 0. The van der Waals surface area contributed by atoms with Crippen molar-refractivity contribution >= 4 is 5.91 Å². The van der Waals surface area contributed by atoms with Crippen LogP contribution in [0.15, 0.2) is 35.4 Å². The molecule has 4 aliphatic carbocycles. The van der Waals surface area contributed by atoms with E-state index in [1.165, 1.54) is 49.3 Å². The van der Waals surface area contributed by atoms with Crippen LogP contribution in [0.5, 0.6) is 5.75 Å². The third-order valence-corrected chi connectivity index (χ3v) is 10.5. The summed E-state index contributed by atoms with van der Waals surface area (Å²) in [7, 11) is 1.89. The van der Waals surface area contributed by atoms with E-state index < -0.39 is 0 Å². The van der Waals surface area contributed by atoms with Gasteiger partial charge in [0.15, 0.2) is 0 Å². The molecule has 5 atom stereocenters. The number of fused-ring (bicyclic) bond motifs is 1. The monoisotopic (exact) mass is 474 g/mol. The Kier molecular flexibility index (Phi) is 4.58. The SMILES string of the molecule is CN(C(=O)c1cc(=O)[nH]cn1)C1CCC23CCC1C21CCN(CC2CC2)C3Cc2ccc(O)cc21. The summed E-state index contributed by atoms with van der Waals surface area (Å²) < 4.78 is 0. The maximum absolute atomic E-state index is 13.4. The number of rotatable bonds is 4. The zero-order valence-corrected chi connectivity index (χ0v) is 20.4. The molecule has 1 amide bonds. The van der Waals surface area contributed by atoms with Gasteiger partial charge in [-0.2, -0.15) is 0 Å². The number of nitrogens with zero attached hydrogens (tertiary/aromatic N) is 3. The Morgan fingerprint density at radius 2 is 2.03 bits per heavy atom. The quantitative estimate of drug-likeness (QED) is 0.711. The molecule has 2 heterocycles. The fourth-order valence-corrected chi connectivity index (χ4v) is 9.04. The first-order chi connectivity index (χ1) is 16.9. The van der Waals surface area contributed by atoms with Crippen LogP contribution < -0.4 is 5.56 Å². The summed E-state index contributed by atoms with van der Waals surface area (Å²) in [5.74, 6) is 1.40. The molecule has 1 aromatic carbocycles. The predicted octanol–water partition coefficient (Wildman–Crippen LogP) is 3.08. The number of H-pyrrole nitrogens is 1. The smallest absolute Gasteiger partial charge is 0.272 e. The van der Waals surface area contributed by atoms with E-state index in [9.17, 15) is 14.7 Å². The van der Waals surface area contributed by atoms with Crippen LogP contribution in [-0.2, 0) is 11.8 Å². The van der Waals surface area contributed by atoms with Crippen molar-refractivity contribution in [2.75, 3.05) is 20.1 Å². The molecular weight excluding hydrogens is 440 g/mol. The molecule has 2 aromatic rings. The maximum Gasteiger partial charge on any atom is 0.272 e. The van der Waals surface area contributed by atoms with Crippen molar-refractivity contribution in [3.05, 3.63) is 57.8 Å². The normalized spacial score (nSPS) is 35.3. The van der Waals surface area contributed by atoms with E-state index >= 15 is 0 Å². The molecule has 5 aliphatic rings. The second kappa shape index (κ2) is 7.42. The fourth-order valence-electron chi connectivity index (χ4n) is 9.04. The van der Waals surface area contributed by atoms with E-state index in [4.69, 9.17) is 0 Å². The lowest BCUT2D eigenvalue weighted by Crippen LogP contribution is -2.70. The van der Waals surface area contributed by atoms with Gasteiger partial charge >= 0.3 is 0 Å². The fraction of sp³-hybridized carbons (Fsp3) is 0.607. The van der Waals surface area contributed by atoms with E-state index in [1.807, 2.05) is 18.0 Å². The van der Waals surface area contributed by atoms with Gasteiger partial charge in [-0.25, -0.2) is 4.98 Å². The molecule has 5 unspecified atom stereocenters. The lowest BCUT2D eigenvalue weighted by Gasteiger charge is -2.67. The van der Waals surface area contributed by atoms with Gasteiger partial charge in [0.05, 0.1) is 6.33 Å². The minimum Gasteiger partial charge on any atom is -0.508 e. The summed E-state index contributed by atoms with van der Waals surface area (Å²) in [5.41, 5.74) is 2.85. The maximum atomic E-state index is 13.4. The molecule has 4 bridgehead atoms. The topological polar surface area (TPSA) is 89.5 Å². The van der Waals surface area contributed by atoms with Gasteiger partial charge in [0, 0.05) is 37.2 Å². The average Bonchev–Trinajstić information content (AvgIpc) is 3.64. The van der Waals surface area contributed by atoms with E-state index in [1.54, 1.807) is 0 Å². The second-order valence-corrected chi connectivity index (χ2v) is 11.8. The summed E-state index contributed by atoms with van der Waals surface area (Å²) in [6.07, 6.45) is 10.6. The highest BCUT2D eigenvalue weighted by molar-refractivity contribution is 5.92. The summed E-state index contributed by atoms with van der Waals surface area (Å²) in [6.45, 7) is 2.34. The number of aromatic hydroxyl groups is 1. The number of benzene rings is 1. The predicted molar refractivity (Wildman–Crippen MR) is 131 cm³/mol. The Balaban J connectivity index is 1.31. The van der Waals surface area contributed by atoms with Gasteiger partial charge in [-0.05, 0) is 98.4 Å². The molecule has 0 spiro atoms. The molecule has 1 saturated heterocycles. The van der Waals surface area contributed by atoms with Crippen molar-refractivity contribution in [3.8, 4) is 5.75 Å². The molecule has 1 aliphatic heterocycles. The number of aromatic amines is 1. The van der Waals surface area contributed by atoms with Crippen LogP contribution in [-0.4, -0.2) is 63.0 Å². The van der Waals surface area contributed by atoms with Crippen molar-refractivity contribution in [1.82, 2.24) is 19.8 Å². The van der Waals surface area contributed by atoms with Crippen LogP contribution in [0.2, 0.25) is 0 Å². The minimum atomic E-state index is -0.304. The largest absolute Gasteiger partial charge is 0.508 e. The van der Waals surface area contributed by atoms with Crippen molar-refractivity contribution < 1.29 is 9.90 Å². The van der Waals surface area contributed by atoms with E-state index in [2.05, 4.69) is 27.0 Å². The van der Waals surface area contributed by atoms with Crippen LogP contribution in [0.4, 0.5) is 0 Å². The van der Waals surface area contributed by atoms with Crippen LogP contribution in [0.25, 0.3) is 0 Å². The Morgan fingerprint density at radius 3 is 2.83 bits per heavy atom. The number of aromatic nitrogens is 2. The molecule has 7 rings (SSSR count). The number of carbonyl (C=O) groups is 1. The Hall–Kier alpha value is -2.67. The summed E-state index contributed by atoms with van der Waals surface area (Å²) in [5, 5.41) is 10.6. The zero-order valence-electron chi connectivity index (χ0n) is 20.4. The first-order valence-corrected chi connectivity index (χ1v) is 13.3. The molecule has 7 nitrogen and oxygen atoms in total. The van der Waals surface area contributed by atoms with Crippen molar-refractivity contribution in [2.45, 2.75) is 68.9 Å². The number of carbonyl (C=O) groups excluding carboxylic acids is 1. The highest BCUT2D eigenvalue weighted by Crippen LogP contribution is 2.72. The molecule has 2 N–H and O–H groups in total. The molecule has 7 heteroatoms. The van der Waals surface area contributed by atoms with Crippen LogP contribution in [0.1, 0.15) is 66.6 Å². The highest BCUT2D eigenvalue weighted by Gasteiger charge is 2.71. The lowest BCUT2D eigenvalue weighted by molar-refractivity contribution is -0.104. The molecule has 3 saturated carbocycles. The molecule has 1 aromatic heterocycles. The van der Waals surface area contributed by atoms with Crippen LogP contribution in [0, 0.1) is 17.3 Å². The van der Waals surface area contributed by atoms with Gasteiger partial charge in [-0.1, -0.05) is 6.07 Å². The number of hydrogen-bond acceptors (Lipinski definition) is 5. The second-order valence-electron chi connectivity index (χ2n) is 11.8. The number of likely N-dealkylation sites (tertiary alicyclic amines) is 1. The van der Waals surface area contributed by atoms with Crippen molar-refractivity contribution in [1.29, 1.82) is 0 Å². The first kappa shape index (κ1) is 21.6. The average molecular weight is 475 g/mol. The van der Waals surface area contributed by atoms with E-state index in [0.717, 1.165) is 44.6 Å². The van der Waals surface area contributed by atoms with Crippen LogP contribution in [0.3, 0.4) is 0 Å². The van der Waals surface area contributed by atoms with Crippen molar-refractivity contribution in [3.63, 3.8) is 0 Å². The molecule has 184 valence electrons. The van der Waals surface area contributed by atoms with Gasteiger partial charge in [-0.3, -0.25) is 14.5 Å². The van der Waals surface area contributed by atoms with Gasteiger partial charge in [-0.15, -0.1) is 0 Å². The minimum absolute atomic E-state index is 0.0108.